The second-order valence-corrected chi connectivity index (χ2v) is 8.65. The Kier molecular flexibility index (Phi) is 9.71. The van der Waals surface area contributed by atoms with Crippen LogP contribution in [0.4, 0.5) is 5.69 Å². The summed E-state index contributed by atoms with van der Waals surface area (Å²) in [7, 11) is 5.22. The number of amides is 1. The number of aromatic hydroxyl groups is 1. The molecule has 1 aliphatic rings. The number of ketones is 1. The monoisotopic (exact) mass is 546 g/mol. The molecule has 9 heteroatoms. The van der Waals surface area contributed by atoms with E-state index in [1.807, 2.05) is 21.0 Å². The van der Waals surface area contributed by atoms with E-state index in [2.05, 4.69) is 12.2 Å². The van der Waals surface area contributed by atoms with Gasteiger partial charge in [0.15, 0.2) is 5.78 Å². The zero-order valence-corrected chi connectivity index (χ0v) is 22.7. The Balaban J connectivity index is 0.00000432. The second-order valence-electron chi connectivity index (χ2n) is 8.65. The van der Waals surface area contributed by atoms with Gasteiger partial charge in [-0.25, -0.2) is 0 Å². The Labute approximate surface area is 217 Å². The van der Waals surface area contributed by atoms with Crippen LogP contribution in [0.15, 0.2) is 24.3 Å². The highest BCUT2D eigenvalue weighted by atomic mass is 79.9. The van der Waals surface area contributed by atoms with Gasteiger partial charge in [-0.2, -0.15) is 0 Å². The Hall–Kier alpha value is -3.07. The maximum Gasteiger partial charge on any atom is 0.254 e. The standard InChI is InChI=1S/C26H34N4O4.BrH/c1-6-8-9-16-10-17(11-21(24(16)32)29(4)5)22(31)15-30-14-18-12-23(34-7-2)20(26(33)28-3)13-19(18)25(30)27;/h10-13,27,32H,6-9,14-15H2,1-5H3,(H,28,33);1H. The summed E-state index contributed by atoms with van der Waals surface area (Å²) in [5, 5.41) is 21.9. The van der Waals surface area contributed by atoms with Crippen LogP contribution in [0.1, 0.15) is 64.1 Å². The number of halogens is 1. The summed E-state index contributed by atoms with van der Waals surface area (Å²) in [4.78, 5) is 29.1. The number of carbonyl (C=O) groups is 2. The average molecular weight is 547 g/mol. The number of benzene rings is 2. The van der Waals surface area contributed by atoms with Crippen LogP contribution in [0.3, 0.4) is 0 Å². The lowest BCUT2D eigenvalue weighted by molar-refractivity contribution is 0.0953. The van der Waals surface area contributed by atoms with Gasteiger partial charge in [0.05, 0.1) is 24.4 Å². The number of fused-ring (bicyclic) bond motifs is 1. The maximum absolute atomic E-state index is 13.3. The van der Waals surface area contributed by atoms with Crippen LogP contribution >= 0.6 is 17.0 Å². The largest absolute Gasteiger partial charge is 0.505 e. The number of anilines is 1. The number of aryl methyl sites for hydroxylation is 1. The molecule has 0 saturated heterocycles. The van der Waals surface area contributed by atoms with Gasteiger partial charge in [-0.3, -0.25) is 15.0 Å². The third-order valence-electron chi connectivity index (χ3n) is 6.02. The molecular formula is C26H35BrN4O4. The topological polar surface area (TPSA) is 106 Å². The fourth-order valence-corrected chi connectivity index (χ4v) is 4.15. The van der Waals surface area contributed by atoms with Crippen molar-refractivity contribution in [2.45, 2.75) is 39.7 Å². The minimum Gasteiger partial charge on any atom is -0.505 e. The van der Waals surface area contributed by atoms with E-state index in [1.54, 1.807) is 41.1 Å². The summed E-state index contributed by atoms with van der Waals surface area (Å²) < 4.78 is 5.65. The first kappa shape index (κ1) is 28.2. The Morgan fingerprint density at radius 3 is 2.51 bits per heavy atom. The molecule has 0 unspecified atom stereocenters. The van der Waals surface area contributed by atoms with Crippen molar-refractivity contribution in [2.24, 2.45) is 0 Å². The number of Topliss-reactive ketones (excluding diaryl/α,β-unsaturated/α-hetero) is 1. The number of carbonyl (C=O) groups excluding carboxylic acids is 2. The molecule has 0 saturated carbocycles. The molecule has 0 aromatic heterocycles. The van der Waals surface area contributed by atoms with Crippen LogP contribution in [0.5, 0.6) is 11.5 Å². The minimum atomic E-state index is -0.284. The molecule has 0 fully saturated rings. The van der Waals surface area contributed by atoms with Gasteiger partial charge >= 0.3 is 0 Å². The highest BCUT2D eigenvalue weighted by Crippen LogP contribution is 2.34. The van der Waals surface area contributed by atoms with E-state index in [-0.39, 0.29) is 46.8 Å². The van der Waals surface area contributed by atoms with E-state index in [9.17, 15) is 14.7 Å². The number of nitrogens with one attached hydrogen (secondary N) is 2. The van der Waals surface area contributed by atoms with Crippen molar-refractivity contribution >= 4 is 40.2 Å². The van der Waals surface area contributed by atoms with E-state index >= 15 is 0 Å². The van der Waals surface area contributed by atoms with Gasteiger partial charge in [0.1, 0.15) is 17.3 Å². The number of nitrogens with zero attached hydrogens (tertiary/aromatic N) is 2. The van der Waals surface area contributed by atoms with E-state index in [1.165, 1.54) is 0 Å². The van der Waals surface area contributed by atoms with Crippen LogP contribution in [0.25, 0.3) is 0 Å². The fourth-order valence-electron chi connectivity index (χ4n) is 4.15. The first-order chi connectivity index (χ1) is 16.2. The minimum absolute atomic E-state index is 0. The fraction of sp³-hybridized carbons (Fsp3) is 0.423. The van der Waals surface area contributed by atoms with Gasteiger partial charge in [0.25, 0.3) is 5.91 Å². The van der Waals surface area contributed by atoms with Crippen LogP contribution < -0.4 is 15.0 Å². The lowest BCUT2D eigenvalue weighted by Crippen LogP contribution is -2.30. The molecule has 1 aliphatic heterocycles. The molecule has 0 aliphatic carbocycles. The molecule has 2 aromatic carbocycles. The summed E-state index contributed by atoms with van der Waals surface area (Å²) in [6.45, 7) is 4.76. The van der Waals surface area contributed by atoms with Crippen molar-refractivity contribution < 1.29 is 19.4 Å². The average Bonchev–Trinajstić information content (AvgIpc) is 3.11. The van der Waals surface area contributed by atoms with E-state index < -0.39 is 0 Å². The quantitative estimate of drug-likeness (QED) is 0.386. The molecule has 1 heterocycles. The van der Waals surface area contributed by atoms with E-state index in [0.29, 0.717) is 47.7 Å². The van der Waals surface area contributed by atoms with Crippen molar-refractivity contribution in [3.63, 3.8) is 0 Å². The number of unbranched alkanes of at least 4 members (excludes halogenated alkanes) is 1. The van der Waals surface area contributed by atoms with Crippen molar-refractivity contribution in [1.29, 1.82) is 5.41 Å². The van der Waals surface area contributed by atoms with Gasteiger partial charge in [0, 0.05) is 38.8 Å². The summed E-state index contributed by atoms with van der Waals surface area (Å²) in [5.74, 6) is 0.468. The first-order valence-electron chi connectivity index (χ1n) is 11.6. The molecule has 3 rings (SSSR count). The lowest BCUT2D eigenvalue weighted by Gasteiger charge is -2.20. The Morgan fingerprint density at radius 2 is 1.91 bits per heavy atom. The Morgan fingerprint density at radius 1 is 1.20 bits per heavy atom. The number of ether oxygens (including phenoxy) is 1. The van der Waals surface area contributed by atoms with Gasteiger partial charge in [-0.05, 0) is 55.2 Å². The molecule has 0 atom stereocenters. The van der Waals surface area contributed by atoms with Crippen LogP contribution in [0, 0.1) is 5.41 Å². The molecule has 0 radical (unpaired) electrons. The van der Waals surface area contributed by atoms with E-state index in [0.717, 1.165) is 24.0 Å². The SMILES string of the molecule is Br.CCCCc1cc(C(=O)CN2Cc3cc(OCC)c(C(=O)NC)cc3C2=N)cc(N(C)C)c1O. The maximum atomic E-state index is 13.3. The molecule has 3 N–H and O–H groups in total. The Bertz CT molecular complexity index is 1120. The normalized spacial score (nSPS) is 12.1. The number of amidine groups is 1. The molecule has 190 valence electrons. The van der Waals surface area contributed by atoms with Crippen molar-refractivity contribution in [3.05, 3.63) is 52.1 Å². The highest BCUT2D eigenvalue weighted by Gasteiger charge is 2.29. The highest BCUT2D eigenvalue weighted by molar-refractivity contribution is 8.93. The number of rotatable bonds is 10. The summed E-state index contributed by atoms with van der Waals surface area (Å²) in [5.41, 5.74) is 3.71. The third-order valence-corrected chi connectivity index (χ3v) is 6.02. The number of hydrogen-bond acceptors (Lipinski definition) is 6. The zero-order chi connectivity index (χ0) is 25.0. The van der Waals surface area contributed by atoms with Gasteiger partial charge in [-0.15, -0.1) is 17.0 Å². The van der Waals surface area contributed by atoms with Crippen LogP contribution in [-0.2, 0) is 13.0 Å². The molecule has 0 bridgehead atoms. The number of phenols is 1. The first-order valence-corrected chi connectivity index (χ1v) is 11.6. The van der Waals surface area contributed by atoms with Gasteiger partial charge < -0.3 is 25.0 Å². The molecule has 2 aromatic rings. The second kappa shape index (κ2) is 12.1. The predicted octanol–water partition coefficient (Wildman–Crippen LogP) is 4.16. The predicted molar refractivity (Wildman–Crippen MR) is 144 cm³/mol. The van der Waals surface area contributed by atoms with Gasteiger partial charge in [-0.1, -0.05) is 13.3 Å². The van der Waals surface area contributed by atoms with Gasteiger partial charge in [0.2, 0.25) is 0 Å². The number of hydrogen-bond donors (Lipinski definition) is 3. The smallest absolute Gasteiger partial charge is 0.254 e. The molecule has 0 spiro atoms. The van der Waals surface area contributed by atoms with Crippen LogP contribution in [-0.4, -0.2) is 61.8 Å². The lowest BCUT2D eigenvalue weighted by atomic mass is 10.00. The van der Waals surface area contributed by atoms with Crippen molar-refractivity contribution in [2.75, 3.05) is 39.2 Å². The molecule has 35 heavy (non-hydrogen) atoms. The summed E-state index contributed by atoms with van der Waals surface area (Å²) >= 11 is 0. The zero-order valence-electron chi connectivity index (χ0n) is 21.0. The van der Waals surface area contributed by atoms with Crippen molar-refractivity contribution in [3.8, 4) is 11.5 Å². The molecular weight excluding hydrogens is 512 g/mol. The van der Waals surface area contributed by atoms with E-state index in [4.69, 9.17) is 10.1 Å². The van der Waals surface area contributed by atoms with Crippen LogP contribution in [0.2, 0.25) is 0 Å². The number of phenolic OH excluding ortho intramolecular Hbond substituents is 1. The summed E-state index contributed by atoms with van der Waals surface area (Å²) in [6, 6.07) is 6.93. The molecule has 1 amide bonds. The third kappa shape index (κ3) is 5.96. The molecule has 8 nitrogen and oxygen atoms in total. The summed E-state index contributed by atoms with van der Waals surface area (Å²) in [6.07, 6.45) is 2.59. The van der Waals surface area contributed by atoms with Crippen molar-refractivity contribution in [1.82, 2.24) is 10.2 Å².